The summed E-state index contributed by atoms with van der Waals surface area (Å²) in [5.41, 5.74) is 9.21. The predicted molar refractivity (Wildman–Crippen MR) is 163 cm³/mol. The Labute approximate surface area is 222 Å². The second-order valence-corrected chi connectivity index (χ2v) is 10.5. The van der Waals surface area contributed by atoms with Crippen molar-refractivity contribution in [2.24, 2.45) is 0 Å². The van der Waals surface area contributed by atoms with Gasteiger partial charge in [-0.3, -0.25) is 0 Å². The molecule has 0 aliphatic carbocycles. The van der Waals surface area contributed by atoms with E-state index in [9.17, 15) is 0 Å². The number of aromatic nitrogens is 2. The third kappa shape index (κ3) is 2.31. The lowest BCUT2D eigenvalue weighted by Gasteiger charge is -2.09. The third-order valence-corrected chi connectivity index (χ3v) is 8.61. The molecule has 0 radical (unpaired) electrons. The van der Waals surface area contributed by atoms with Crippen molar-refractivity contribution in [2.75, 3.05) is 0 Å². The number of para-hydroxylation sites is 4. The van der Waals surface area contributed by atoms with Gasteiger partial charge in [0.25, 0.3) is 0 Å². The van der Waals surface area contributed by atoms with Gasteiger partial charge in [0.1, 0.15) is 11.2 Å². The predicted octanol–water partition coefficient (Wildman–Crippen LogP) is 9.83. The van der Waals surface area contributed by atoms with E-state index < -0.39 is 0 Å². The Morgan fingerprint density at radius 3 is 1.95 bits per heavy atom. The fourth-order valence-electron chi connectivity index (χ4n) is 7.07. The van der Waals surface area contributed by atoms with Crippen molar-refractivity contribution in [1.29, 1.82) is 0 Å². The average Bonchev–Trinajstić information content (AvgIpc) is 3.71. The largest absolute Gasteiger partial charge is 0.456 e. The van der Waals surface area contributed by atoms with Gasteiger partial charge in [-0.05, 0) is 42.5 Å². The summed E-state index contributed by atoms with van der Waals surface area (Å²) in [5, 5.41) is 10.0. The van der Waals surface area contributed by atoms with Crippen LogP contribution >= 0.6 is 0 Å². The van der Waals surface area contributed by atoms with Crippen LogP contribution in [-0.4, -0.2) is 8.97 Å². The molecule has 180 valence electrons. The zero-order valence-corrected chi connectivity index (χ0v) is 20.8. The minimum Gasteiger partial charge on any atom is -0.456 e. The van der Waals surface area contributed by atoms with Crippen LogP contribution in [0.5, 0.6) is 0 Å². The first-order chi connectivity index (χ1) is 19.4. The molecule has 0 aliphatic rings. The molecule has 6 aromatic carbocycles. The fraction of sp³-hybridized carbons (Fsp3) is 0. The summed E-state index contributed by atoms with van der Waals surface area (Å²) in [4.78, 5) is 0. The maximum absolute atomic E-state index is 6.34. The van der Waals surface area contributed by atoms with Gasteiger partial charge in [-0.1, -0.05) is 72.8 Å². The Balaban J connectivity index is 1.53. The molecule has 4 heterocycles. The zero-order chi connectivity index (χ0) is 25.2. The van der Waals surface area contributed by atoms with Crippen LogP contribution in [0.2, 0.25) is 0 Å². The number of nitrogens with zero attached hydrogens (tertiary/aromatic N) is 2. The Hall–Kier alpha value is -5.28. The van der Waals surface area contributed by atoms with E-state index in [0.717, 1.165) is 16.6 Å². The maximum Gasteiger partial charge on any atom is 0.137 e. The van der Waals surface area contributed by atoms with Crippen LogP contribution in [-0.2, 0) is 0 Å². The SMILES string of the molecule is c1ccc(-n2c3ccccc3c3cc4c5cc6c(cc5n5c7ccccc7c(c32)c45)oc2ccccc26)cc1. The highest BCUT2D eigenvalue weighted by molar-refractivity contribution is 6.35. The van der Waals surface area contributed by atoms with Crippen molar-refractivity contribution < 1.29 is 4.42 Å². The van der Waals surface area contributed by atoms with Crippen molar-refractivity contribution in [1.82, 2.24) is 8.97 Å². The van der Waals surface area contributed by atoms with Gasteiger partial charge in [0.15, 0.2) is 0 Å². The second-order valence-electron chi connectivity index (χ2n) is 10.5. The van der Waals surface area contributed by atoms with Gasteiger partial charge in [0.05, 0.1) is 27.6 Å². The highest BCUT2D eigenvalue weighted by Crippen LogP contribution is 2.47. The van der Waals surface area contributed by atoms with E-state index in [1.807, 2.05) is 6.07 Å². The molecular formula is C36H20N2O. The first-order valence-corrected chi connectivity index (χ1v) is 13.4. The molecular weight excluding hydrogens is 476 g/mol. The van der Waals surface area contributed by atoms with Gasteiger partial charge in [-0.15, -0.1) is 0 Å². The molecule has 0 saturated heterocycles. The van der Waals surface area contributed by atoms with E-state index in [4.69, 9.17) is 4.42 Å². The summed E-state index contributed by atoms with van der Waals surface area (Å²) in [6.07, 6.45) is 0. The molecule has 0 unspecified atom stereocenters. The average molecular weight is 497 g/mol. The molecule has 10 aromatic rings. The number of hydrogen-bond donors (Lipinski definition) is 0. The molecule has 0 atom stereocenters. The quantitative estimate of drug-likeness (QED) is 0.222. The molecule has 0 spiro atoms. The summed E-state index contributed by atoms with van der Waals surface area (Å²) in [6, 6.07) is 43.7. The van der Waals surface area contributed by atoms with Crippen molar-refractivity contribution in [3.8, 4) is 5.69 Å². The molecule has 3 heteroatoms. The molecule has 0 saturated carbocycles. The van der Waals surface area contributed by atoms with Crippen LogP contribution in [0.3, 0.4) is 0 Å². The van der Waals surface area contributed by atoms with E-state index in [2.05, 4.69) is 124 Å². The van der Waals surface area contributed by atoms with Crippen LogP contribution in [0.4, 0.5) is 0 Å². The summed E-state index contributed by atoms with van der Waals surface area (Å²) < 4.78 is 11.2. The first kappa shape index (κ1) is 19.8. The normalized spacial score (nSPS) is 12.6. The van der Waals surface area contributed by atoms with Crippen LogP contribution < -0.4 is 0 Å². The van der Waals surface area contributed by atoms with Crippen LogP contribution in [0.1, 0.15) is 0 Å². The minimum absolute atomic E-state index is 0.928. The summed E-state index contributed by atoms with van der Waals surface area (Å²) >= 11 is 0. The third-order valence-electron chi connectivity index (χ3n) is 8.61. The van der Waals surface area contributed by atoms with Crippen LogP contribution in [0, 0.1) is 0 Å². The molecule has 10 rings (SSSR count). The smallest absolute Gasteiger partial charge is 0.137 e. The Morgan fingerprint density at radius 1 is 0.410 bits per heavy atom. The zero-order valence-electron chi connectivity index (χ0n) is 20.8. The van der Waals surface area contributed by atoms with E-state index in [1.54, 1.807) is 0 Å². The molecule has 0 amide bonds. The monoisotopic (exact) mass is 496 g/mol. The maximum atomic E-state index is 6.34. The summed E-state index contributed by atoms with van der Waals surface area (Å²) in [6.45, 7) is 0. The number of benzene rings is 6. The molecule has 0 aliphatic heterocycles. The Kier molecular flexibility index (Phi) is 3.44. The van der Waals surface area contributed by atoms with Crippen molar-refractivity contribution in [2.45, 2.75) is 0 Å². The lowest BCUT2D eigenvalue weighted by Crippen LogP contribution is -1.93. The number of hydrogen-bond acceptors (Lipinski definition) is 1. The van der Waals surface area contributed by atoms with Crippen LogP contribution in [0.15, 0.2) is 126 Å². The van der Waals surface area contributed by atoms with Gasteiger partial charge in [0, 0.05) is 54.8 Å². The van der Waals surface area contributed by atoms with Gasteiger partial charge in [-0.2, -0.15) is 0 Å². The van der Waals surface area contributed by atoms with E-state index in [0.29, 0.717) is 0 Å². The van der Waals surface area contributed by atoms with Gasteiger partial charge < -0.3 is 13.4 Å². The number of rotatable bonds is 1. The fourth-order valence-corrected chi connectivity index (χ4v) is 7.07. The van der Waals surface area contributed by atoms with Crippen molar-refractivity contribution in [3.05, 3.63) is 121 Å². The Morgan fingerprint density at radius 2 is 1.08 bits per heavy atom. The van der Waals surface area contributed by atoms with Crippen molar-refractivity contribution in [3.63, 3.8) is 0 Å². The number of furan rings is 1. The number of fused-ring (bicyclic) bond motifs is 13. The van der Waals surface area contributed by atoms with E-state index >= 15 is 0 Å². The van der Waals surface area contributed by atoms with Crippen LogP contribution in [0.25, 0.3) is 87.5 Å². The second kappa shape index (κ2) is 6.77. The molecule has 0 N–H and O–H groups in total. The molecule has 4 aromatic heterocycles. The minimum atomic E-state index is 0.928. The lowest BCUT2D eigenvalue weighted by atomic mass is 10.0. The lowest BCUT2D eigenvalue weighted by molar-refractivity contribution is 0.669. The topological polar surface area (TPSA) is 22.5 Å². The first-order valence-electron chi connectivity index (χ1n) is 13.4. The summed E-state index contributed by atoms with van der Waals surface area (Å²) in [7, 11) is 0. The molecule has 39 heavy (non-hydrogen) atoms. The molecule has 0 bridgehead atoms. The van der Waals surface area contributed by atoms with Gasteiger partial charge in [-0.25, -0.2) is 0 Å². The summed E-state index contributed by atoms with van der Waals surface area (Å²) in [5.74, 6) is 0. The highest BCUT2D eigenvalue weighted by atomic mass is 16.3. The highest BCUT2D eigenvalue weighted by Gasteiger charge is 2.24. The van der Waals surface area contributed by atoms with E-state index in [1.165, 1.54) is 71.0 Å². The van der Waals surface area contributed by atoms with Gasteiger partial charge in [0.2, 0.25) is 0 Å². The van der Waals surface area contributed by atoms with Gasteiger partial charge >= 0.3 is 0 Å². The van der Waals surface area contributed by atoms with E-state index in [-0.39, 0.29) is 0 Å². The molecule has 0 fully saturated rings. The standard InChI is InChI=1S/C36H20N2O/c1-2-10-21(11-3-1)37-29-15-7-4-12-22(29)27-19-28-25-18-26-23-13-6-9-17-32(23)39-33(26)20-31(25)38-30-16-8-5-14-24(30)34(35(27)37)36(28)38/h1-20H. The Bertz CT molecular complexity index is 2600. The van der Waals surface area contributed by atoms with Crippen molar-refractivity contribution >= 4 is 81.8 Å². The molecule has 3 nitrogen and oxygen atoms in total.